The molecule has 0 saturated heterocycles. The van der Waals surface area contributed by atoms with E-state index >= 15 is 0 Å². The Labute approximate surface area is 115 Å². The van der Waals surface area contributed by atoms with Crippen molar-refractivity contribution in [2.45, 2.75) is 0 Å². The number of nitrogens with one attached hydrogen (secondary N) is 1. The molecular formula is C12H8BrNO5. The molecule has 98 valence electrons. The minimum absolute atomic E-state index is 0.0914. The van der Waals surface area contributed by atoms with Gasteiger partial charge in [-0.15, -0.1) is 0 Å². The van der Waals surface area contributed by atoms with E-state index in [0.717, 1.165) is 6.07 Å². The number of carboxylic acids is 1. The number of benzene rings is 1. The van der Waals surface area contributed by atoms with Gasteiger partial charge in [0.2, 0.25) is 0 Å². The van der Waals surface area contributed by atoms with E-state index in [1.807, 2.05) is 0 Å². The number of anilines is 1. The van der Waals surface area contributed by atoms with Crippen LogP contribution in [-0.4, -0.2) is 22.1 Å². The zero-order chi connectivity index (χ0) is 14.0. The van der Waals surface area contributed by atoms with Crippen LogP contribution in [0.4, 0.5) is 5.69 Å². The number of hydrogen-bond acceptors (Lipinski definition) is 4. The molecule has 1 aromatic heterocycles. The second-order valence-corrected chi connectivity index (χ2v) is 4.38. The van der Waals surface area contributed by atoms with E-state index in [-0.39, 0.29) is 17.0 Å². The van der Waals surface area contributed by atoms with Gasteiger partial charge in [-0.1, -0.05) is 0 Å². The van der Waals surface area contributed by atoms with E-state index in [1.165, 1.54) is 18.2 Å². The molecule has 0 spiro atoms. The van der Waals surface area contributed by atoms with Crippen molar-refractivity contribution in [3.05, 3.63) is 46.3 Å². The van der Waals surface area contributed by atoms with Gasteiger partial charge in [0, 0.05) is 11.8 Å². The fraction of sp³-hybridized carbons (Fsp3) is 0. The monoisotopic (exact) mass is 325 g/mol. The van der Waals surface area contributed by atoms with Gasteiger partial charge >= 0.3 is 5.97 Å². The number of aromatic carboxylic acids is 1. The van der Waals surface area contributed by atoms with Crippen molar-refractivity contribution in [2.24, 2.45) is 0 Å². The number of furan rings is 1. The second-order valence-electron chi connectivity index (χ2n) is 3.59. The van der Waals surface area contributed by atoms with E-state index in [0.29, 0.717) is 4.67 Å². The van der Waals surface area contributed by atoms with Crippen LogP contribution in [0.3, 0.4) is 0 Å². The summed E-state index contributed by atoms with van der Waals surface area (Å²) < 4.78 is 5.48. The maximum Gasteiger partial charge on any atom is 0.339 e. The summed E-state index contributed by atoms with van der Waals surface area (Å²) in [6.45, 7) is 0. The van der Waals surface area contributed by atoms with Crippen LogP contribution in [0, 0.1) is 0 Å². The predicted molar refractivity (Wildman–Crippen MR) is 69.4 cm³/mol. The van der Waals surface area contributed by atoms with E-state index in [9.17, 15) is 14.7 Å². The number of hydrogen-bond donors (Lipinski definition) is 3. The maximum absolute atomic E-state index is 11.7. The minimum atomic E-state index is -1.25. The van der Waals surface area contributed by atoms with Crippen LogP contribution >= 0.6 is 15.9 Å². The van der Waals surface area contributed by atoms with Crippen molar-refractivity contribution in [3.8, 4) is 5.75 Å². The third-order valence-corrected chi connectivity index (χ3v) is 2.71. The highest BCUT2D eigenvalue weighted by Gasteiger charge is 2.13. The lowest BCUT2D eigenvalue weighted by Crippen LogP contribution is -2.11. The molecule has 2 rings (SSSR count). The highest BCUT2D eigenvalue weighted by atomic mass is 79.9. The van der Waals surface area contributed by atoms with Gasteiger partial charge in [-0.3, -0.25) is 4.79 Å². The van der Waals surface area contributed by atoms with Gasteiger partial charge in [-0.25, -0.2) is 4.79 Å². The number of halogens is 1. The lowest BCUT2D eigenvalue weighted by Gasteiger charge is -2.05. The average molecular weight is 326 g/mol. The number of carbonyl (C=O) groups excluding carboxylic acids is 1. The van der Waals surface area contributed by atoms with Crippen molar-refractivity contribution in [3.63, 3.8) is 0 Å². The zero-order valence-electron chi connectivity index (χ0n) is 9.38. The van der Waals surface area contributed by atoms with Crippen molar-refractivity contribution >= 4 is 33.5 Å². The highest BCUT2D eigenvalue weighted by Crippen LogP contribution is 2.23. The Morgan fingerprint density at radius 1 is 1.21 bits per heavy atom. The number of rotatable bonds is 3. The summed E-state index contributed by atoms with van der Waals surface area (Å²) in [5.74, 6) is -2.09. The Balaban J connectivity index is 2.18. The van der Waals surface area contributed by atoms with Gasteiger partial charge in [-0.05, 0) is 40.2 Å². The van der Waals surface area contributed by atoms with Crippen LogP contribution in [0.5, 0.6) is 5.75 Å². The SMILES string of the molecule is O=C(Nc1ccc(C(=O)O)c(O)c1)c1ccc(Br)o1. The molecule has 19 heavy (non-hydrogen) atoms. The van der Waals surface area contributed by atoms with Crippen molar-refractivity contribution in [1.29, 1.82) is 0 Å². The Hall–Kier alpha value is -2.28. The molecule has 0 radical (unpaired) electrons. The molecule has 0 unspecified atom stereocenters. The molecule has 6 nitrogen and oxygen atoms in total. The summed E-state index contributed by atoms with van der Waals surface area (Å²) in [5, 5.41) is 20.7. The van der Waals surface area contributed by atoms with Crippen LogP contribution in [0.25, 0.3) is 0 Å². The molecule has 0 fully saturated rings. The third kappa shape index (κ3) is 2.94. The first-order valence-electron chi connectivity index (χ1n) is 5.10. The summed E-state index contributed by atoms with van der Waals surface area (Å²) in [4.78, 5) is 22.4. The Morgan fingerprint density at radius 2 is 1.95 bits per heavy atom. The van der Waals surface area contributed by atoms with Crippen LogP contribution < -0.4 is 5.32 Å². The molecule has 0 aliphatic heterocycles. The first kappa shape index (κ1) is 13.2. The zero-order valence-corrected chi connectivity index (χ0v) is 11.0. The molecule has 1 heterocycles. The van der Waals surface area contributed by atoms with E-state index in [1.54, 1.807) is 6.07 Å². The molecular weight excluding hydrogens is 318 g/mol. The quantitative estimate of drug-likeness (QED) is 0.805. The van der Waals surface area contributed by atoms with E-state index in [4.69, 9.17) is 9.52 Å². The molecule has 0 aliphatic rings. The lowest BCUT2D eigenvalue weighted by molar-refractivity contribution is 0.0693. The second kappa shape index (κ2) is 5.15. The minimum Gasteiger partial charge on any atom is -0.507 e. The topological polar surface area (TPSA) is 99.8 Å². The van der Waals surface area contributed by atoms with Gasteiger partial charge in [0.25, 0.3) is 5.91 Å². The highest BCUT2D eigenvalue weighted by molar-refractivity contribution is 9.10. The van der Waals surface area contributed by atoms with Gasteiger partial charge in [0.1, 0.15) is 11.3 Å². The van der Waals surface area contributed by atoms with E-state index in [2.05, 4.69) is 21.2 Å². The molecule has 0 bridgehead atoms. The molecule has 0 aliphatic carbocycles. The number of aromatic hydroxyl groups is 1. The van der Waals surface area contributed by atoms with Crippen molar-refractivity contribution in [1.82, 2.24) is 0 Å². The Kier molecular flexibility index (Phi) is 3.57. The summed E-state index contributed by atoms with van der Waals surface area (Å²) >= 11 is 3.07. The molecule has 0 atom stereocenters. The maximum atomic E-state index is 11.7. The van der Waals surface area contributed by atoms with Crippen molar-refractivity contribution < 1.29 is 24.2 Å². The van der Waals surface area contributed by atoms with Crippen LogP contribution in [0.15, 0.2) is 39.4 Å². The molecule has 3 N–H and O–H groups in total. The molecule has 7 heteroatoms. The smallest absolute Gasteiger partial charge is 0.339 e. The fourth-order valence-corrected chi connectivity index (χ4v) is 1.73. The van der Waals surface area contributed by atoms with Crippen LogP contribution in [-0.2, 0) is 0 Å². The van der Waals surface area contributed by atoms with Gasteiger partial charge in [0.05, 0.1) is 0 Å². The summed E-state index contributed by atoms with van der Waals surface area (Å²) in [5.41, 5.74) is 0.0266. The first-order chi connectivity index (χ1) is 8.97. The molecule has 1 aromatic carbocycles. The largest absolute Gasteiger partial charge is 0.507 e. The lowest BCUT2D eigenvalue weighted by atomic mass is 10.2. The Bertz CT molecular complexity index is 649. The van der Waals surface area contributed by atoms with Crippen molar-refractivity contribution in [2.75, 3.05) is 5.32 Å². The van der Waals surface area contributed by atoms with Gasteiger partial charge in [0.15, 0.2) is 10.4 Å². The fourth-order valence-electron chi connectivity index (χ4n) is 1.42. The Morgan fingerprint density at radius 3 is 2.47 bits per heavy atom. The summed E-state index contributed by atoms with van der Waals surface area (Å²) in [7, 11) is 0. The average Bonchev–Trinajstić information content (AvgIpc) is 2.75. The van der Waals surface area contributed by atoms with Gasteiger partial charge < -0.3 is 19.9 Å². The molecule has 0 saturated carbocycles. The molecule has 2 aromatic rings. The summed E-state index contributed by atoms with van der Waals surface area (Å²) in [6, 6.07) is 6.77. The van der Waals surface area contributed by atoms with Gasteiger partial charge in [-0.2, -0.15) is 0 Å². The number of carboxylic acid groups (broad SMARTS) is 1. The number of carbonyl (C=O) groups is 2. The van der Waals surface area contributed by atoms with Crippen LogP contribution in [0.2, 0.25) is 0 Å². The van der Waals surface area contributed by atoms with E-state index < -0.39 is 17.6 Å². The summed E-state index contributed by atoms with van der Waals surface area (Å²) in [6.07, 6.45) is 0. The number of phenols is 1. The standard InChI is InChI=1S/C12H8BrNO5/c13-10-4-3-9(19-10)11(16)14-6-1-2-7(12(17)18)8(15)5-6/h1-5,15H,(H,14,16)(H,17,18). The number of amides is 1. The first-order valence-corrected chi connectivity index (χ1v) is 5.89. The third-order valence-electron chi connectivity index (χ3n) is 2.28. The normalized spacial score (nSPS) is 10.2. The van der Waals surface area contributed by atoms with Crippen LogP contribution in [0.1, 0.15) is 20.9 Å². The molecule has 1 amide bonds. The predicted octanol–water partition coefficient (Wildman–Crippen LogP) is 2.70.